The fraction of sp³-hybridized carbons (Fsp3) is 0.350. The minimum Gasteiger partial charge on any atom is -0.357 e. The topological polar surface area (TPSA) is 66.6 Å². The van der Waals surface area contributed by atoms with Crippen molar-refractivity contribution in [1.82, 2.24) is 25.2 Å². The lowest BCUT2D eigenvalue weighted by molar-refractivity contribution is 0.506. The highest BCUT2D eigenvalue weighted by atomic mass is 79.9. The average Bonchev–Trinajstić information content (AvgIpc) is 3.07. The summed E-state index contributed by atoms with van der Waals surface area (Å²) < 4.78 is 3.08. The summed E-state index contributed by atoms with van der Waals surface area (Å²) in [6.07, 6.45) is 1.95. The Morgan fingerprint density at radius 1 is 1.11 bits per heavy atom. The molecule has 0 aliphatic rings. The number of nitrogens with one attached hydrogen (secondary N) is 2. The van der Waals surface area contributed by atoms with Crippen LogP contribution in [-0.2, 0) is 12.0 Å². The Bertz CT molecular complexity index is 931. The highest BCUT2D eigenvalue weighted by Crippen LogP contribution is 2.29. The number of aromatic nitrogens is 3. The fourth-order valence-electron chi connectivity index (χ4n) is 2.90. The van der Waals surface area contributed by atoms with Crippen molar-refractivity contribution in [1.29, 1.82) is 0 Å². The molecule has 0 aliphatic heterocycles. The van der Waals surface area contributed by atoms with Crippen molar-refractivity contribution in [2.24, 2.45) is 4.99 Å². The first-order chi connectivity index (χ1) is 13.0. The number of pyridine rings is 1. The van der Waals surface area contributed by atoms with Crippen molar-refractivity contribution in [3.8, 4) is 0 Å². The second-order valence-electron chi connectivity index (χ2n) is 6.96. The molecule has 0 aliphatic carbocycles. The van der Waals surface area contributed by atoms with Crippen LogP contribution in [0.1, 0.15) is 32.2 Å². The zero-order valence-electron chi connectivity index (χ0n) is 15.9. The van der Waals surface area contributed by atoms with Crippen LogP contribution in [0.25, 0.3) is 5.65 Å². The minimum absolute atomic E-state index is 0.0577. The number of benzene rings is 1. The molecular weight excluding hydrogens is 404 g/mol. The van der Waals surface area contributed by atoms with E-state index in [0.717, 1.165) is 35.0 Å². The minimum atomic E-state index is -0.0577. The lowest BCUT2D eigenvalue weighted by Gasteiger charge is -2.27. The molecule has 2 heterocycles. The van der Waals surface area contributed by atoms with E-state index in [1.54, 1.807) is 0 Å². The summed E-state index contributed by atoms with van der Waals surface area (Å²) in [4.78, 5) is 4.68. The molecule has 27 heavy (non-hydrogen) atoms. The van der Waals surface area contributed by atoms with Crippen molar-refractivity contribution in [2.45, 2.75) is 32.7 Å². The third-order valence-electron chi connectivity index (χ3n) is 4.41. The van der Waals surface area contributed by atoms with Gasteiger partial charge in [-0.15, -0.1) is 10.2 Å². The Labute approximate surface area is 168 Å². The number of nitrogens with zero attached hydrogens (tertiary/aromatic N) is 4. The number of fused-ring (bicyclic) bond motifs is 1. The van der Waals surface area contributed by atoms with Gasteiger partial charge in [0.05, 0.1) is 0 Å². The molecular formula is C20H25BrN6. The number of hydrogen-bond acceptors (Lipinski definition) is 3. The lowest BCUT2D eigenvalue weighted by Crippen LogP contribution is -2.43. The number of guanidine groups is 1. The van der Waals surface area contributed by atoms with Gasteiger partial charge in [0.25, 0.3) is 0 Å². The lowest BCUT2D eigenvalue weighted by atomic mass is 9.84. The Morgan fingerprint density at radius 2 is 1.89 bits per heavy atom. The van der Waals surface area contributed by atoms with E-state index in [1.165, 1.54) is 5.56 Å². The smallest absolute Gasteiger partial charge is 0.191 e. The Kier molecular flexibility index (Phi) is 6.11. The summed E-state index contributed by atoms with van der Waals surface area (Å²) in [5.74, 6) is 1.58. The molecule has 0 saturated heterocycles. The van der Waals surface area contributed by atoms with E-state index in [0.29, 0.717) is 6.54 Å². The summed E-state index contributed by atoms with van der Waals surface area (Å²) in [7, 11) is 0. The number of rotatable bonds is 6. The van der Waals surface area contributed by atoms with Crippen molar-refractivity contribution < 1.29 is 0 Å². The molecule has 0 saturated carbocycles. The van der Waals surface area contributed by atoms with Crippen molar-refractivity contribution in [3.63, 3.8) is 0 Å². The molecule has 0 spiro atoms. The Balaban J connectivity index is 1.72. The standard InChI is InChI=1S/C20H25BrN6/c1-4-22-19(23-13-18-26-25-17-11-7-8-12-27(17)18)24-14-20(2,3)15-9-5-6-10-16(15)21/h5-12H,4,13-14H2,1-3H3,(H2,22,23,24). The molecule has 0 unspecified atom stereocenters. The van der Waals surface area contributed by atoms with Gasteiger partial charge in [-0.05, 0) is 30.7 Å². The van der Waals surface area contributed by atoms with Crippen molar-refractivity contribution >= 4 is 27.5 Å². The van der Waals surface area contributed by atoms with Gasteiger partial charge in [-0.2, -0.15) is 0 Å². The summed E-state index contributed by atoms with van der Waals surface area (Å²) in [5.41, 5.74) is 2.03. The molecule has 0 radical (unpaired) electrons. The van der Waals surface area contributed by atoms with E-state index in [-0.39, 0.29) is 5.41 Å². The highest BCUT2D eigenvalue weighted by Gasteiger charge is 2.23. The van der Waals surface area contributed by atoms with Gasteiger partial charge in [0.1, 0.15) is 6.54 Å². The van der Waals surface area contributed by atoms with E-state index >= 15 is 0 Å². The second-order valence-corrected chi connectivity index (χ2v) is 7.81. The molecule has 0 bridgehead atoms. The van der Waals surface area contributed by atoms with Crippen molar-refractivity contribution in [3.05, 3.63) is 64.5 Å². The summed E-state index contributed by atoms with van der Waals surface area (Å²) >= 11 is 3.66. The Hall–Kier alpha value is -2.41. The summed E-state index contributed by atoms with van der Waals surface area (Å²) in [5, 5.41) is 15.2. The predicted octanol–water partition coefficient (Wildman–Crippen LogP) is 3.52. The maximum absolute atomic E-state index is 4.68. The molecule has 3 aromatic rings. The maximum Gasteiger partial charge on any atom is 0.191 e. The zero-order chi connectivity index (χ0) is 19.3. The van der Waals surface area contributed by atoms with E-state index in [9.17, 15) is 0 Å². The van der Waals surface area contributed by atoms with Crippen LogP contribution in [0.4, 0.5) is 0 Å². The van der Waals surface area contributed by atoms with E-state index in [2.05, 4.69) is 80.7 Å². The molecule has 7 heteroatoms. The molecule has 1 aromatic carbocycles. The molecule has 0 atom stereocenters. The van der Waals surface area contributed by atoms with Gasteiger partial charge in [0, 0.05) is 29.2 Å². The van der Waals surface area contributed by atoms with Gasteiger partial charge in [-0.25, -0.2) is 4.99 Å². The second kappa shape index (κ2) is 8.52. The summed E-state index contributed by atoms with van der Waals surface area (Å²) in [6, 6.07) is 14.2. The fourth-order valence-corrected chi connectivity index (χ4v) is 3.72. The molecule has 0 amide bonds. The van der Waals surface area contributed by atoms with Crippen LogP contribution >= 0.6 is 15.9 Å². The average molecular weight is 429 g/mol. The third-order valence-corrected chi connectivity index (χ3v) is 5.10. The molecule has 2 N–H and O–H groups in total. The van der Waals surface area contributed by atoms with Gasteiger partial charge in [0.15, 0.2) is 17.4 Å². The molecule has 6 nitrogen and oxygen atoms in total. The quantitative estimate of drug-likeness (QED) is 0.465. The monoisotopic (exact) mass is 428 g/mol. The molecule has 0 fully saturated rings. The normalized spacial score (nSPS) is 12.4. The van der Waals surface area contributed by atoms with Crippen LogP contribution in [0.5, 0.6) is 0 Å². The molecule has 3 rings (SSSR count). The number of halogens is 1. The van der Waals surface area contributed by atoms with E-state index in [4.69, 9.17) is 0 Å². The number of hydrogen-bond donors (Lipinski definition) is 2. The Morgan fingerprint density at radius 3 is 2.67 bits per heavy atom. The van der Waals surface area contributed by atoms with E-state index in [1.807, 2.05) is 34.9 Å². The SMILES string of the molecule is CCNC(=NCc1nnc2ccccn12)NCC(C)(C)c1ccccc1Br. The number of aliphatic imine (C=N–C) groups is 1. The van der Waals surface area contributed by atoms with Crippen molar-refractivity contribution in [2.75, 3.05) is 13.1 Å². The zero-order valence-corrected chi connectivity index (χ0v) is 17.5. The van der Waals surface area contributed by atoms with Gasteiger partial charge < -0.3 is 10.6 Å². The summed E-state index contributed by atoms with van der Waals surface area (Å²) in [6.45, 7) is 8.49. The van der Waals surface area contributed by atoms with E-state index < -0.39 is 0 Å². The van der Waals surface area contributed by atoms with Crippen LogP contribution in [0.3, 0.4) is 0 Å². The van der Waals surface area contributed by atoms with Crippen LogP contribution in [0.15, 0.2) is 58.1 Å². The highest BCUT2D eigenvalue weighted by molar-refractivity contribution is 9.10. The first-order valence-corrected chi connectivity index (χ1v) is 9.86. The van der Waals surface area contributed by atoms with Gasteiger partial charge in [-0.1, -0.05) is 54.0 Å². The van der Waals surface area contributed by atoms with Crippen LogP contribution < -0.4 is 10.6 Å². The van der Waals surface area contributed by atoms with Crippen LogP contribution in [-0.4, -0.2) is 33.6 Å². The molecule has 2 aromatic heterocycles. The van der Waals surface area contributed by atoms with Gasteiger partial charge in [0.2, 0.25) is 0 Å². The molecule has 142 valence electrons. The van der Waals surface area contributed by atoms with Gasteiger partial charge >= 0.3 is 0 Å². The third kappa shape index (κ3) is 4.66. The first-order valence-electron chi connectivity index (χ1n) is 9.07. The van der Waals surface area contributed by atoms with Gasteiger partial charge in [-0.3, -0.25) is 4.40 Å². The van der Waals surface area contributed by atoms with Crippen LogP contribution in [0.2, 0.25) is 0 Å². The largest absolute Gasteiger partial charge is 0.357 e. The van der Waals surface area contributed by atoms with Crippen LogP contribution in [0, 0.1) is 0 Å². The first kappa shape index (κ1) is 19.4. The predicted molar refractivity (Wildman–Crippen MR) is 113 cm³/mol. The maximum atomic E-state index is 4.68.